The Morgan fingerprint density at radius 3 is 2.73 bits per heavy atom. The van der Waals surface area contributed by atoms with Crippen LogP contribution in [0.15, 0.2) is 66.9 Å². The molecular formula is C21H15FN4O4. The third-order valence-corrected chi connectivity index (χ3v) is 4.36. The number of nitrogens with zero attached hydrogens (tertiary/aromatic N) is 2. The molecule has 0 radical (unpaired) electrons. The Labute approximate surface area is 169 Å². The minimum absolute atomic E-state index is 0.0942. The van der Waals surface area contributed by atoms with Crippen molar-refractivity contribution in [3.05, 3.63) is 94.0 Å². The largest absolute Gasteiger partial charge is 0.439 e. The van der Waals surface area contributed by atoms with Gasteiger partial charge < -0.3 is 15.0 Å². The molecule has 4 rings (SSSR count). The molecule has 0 unspecified atom stereocenters. The summed E-state index contributed by atoms with van der Waals surface area (Å²) in [6.45, 7) is 0.193. The molecule has 30 heavy (non-hydrogen) atoms. The van der Waals surface area contributed by atoms with Crippen LogP contribution < -0.4 is 10.1 Å². The highest BCUT2D eigenvalue weighted by Crippen LogP contribution is 2.25. The summed E-state index contributed by atoms with van der Waals surface area (Å²) in [5.41, 5.74) is 1.16. The van der Waals surface area contributed by atoms with Crippen molar-refractivity contribution in [1.29, 1.82) is 0 Å². The van der Waals surface area contributed by atoms with Crippen molar-refractivity contribution in [2.75, 3.05) is 0 Å². The molecule has 2 N–H and O–H groups in total. The van der Waals surface area contributed by atoms with Crippen LogP contribution >= 0.6 is 0 Å². The number of halogens is 1. The van der Waals surface area contributed by atoms with Gasteiger partial charge in [-0.15, -0.1) is 0 Å². The van der Waals surface area contributed by atoms with Crippen LogP contribution in [0.5, 0.6) is 11.6 Å². The number of non-ortho nitro benzene ring substituents is 1. The number of nitrogens with one attached hydrogen (secondary N) is 2. The van der Waals surface area contributed by atoms with Gasteiger partial charge in [0.05, 0.1) is 4.92 Å². The van der Waals surface area contributed by atoms with Crippen LogP contribution in [0.25, 0.3) is 10.9 Å². The number of fused-ring (bicyclic) bond motifs is 1. The Bertz CT molecular complexity index is 1240. The normalized spacial score (nSPS) is 10.7. The van der Waals surface area contributed by atoms with Crippen molar-refractivity contribution in [3.63, 3.8) is 0 Å². The van der Waals surface area contributed by atoms with Gasteiger partial charge in [0.2, 0.25) is 5.88 Å². The molecule has 8 nitrogen and oxygen atoms in total. The first-order valence-corrected chi connectivity index (χ1v) is 8.92. The van der Waals surface area contributed by atoms with E-state index in [4.69, 9.17) is 4.74 Å². The molecule has 4 aromatic rings. The number of pyridine rings is 1. The first-order chi connectivity index (χ1) is 14.5. The molecule has 0 aliphatic rings. The second-order valence-corrected chi connectivity index (χ2v) is 6.42. The molecule has 0 bridgehead atoms. The van der Waals surface area contributed by atoms with E-state index in [9.17, 15) is 19.3 Å². The zero-order valence-corrected chi connectivity index (χ0v) is 15.5. The number of rotatable bonds is 6. The van der Waals surface area contributed by atoms with Crippen LogP contribution in [0, 0.1) is 15.9 Å². The summed E-state index contributed by atoms with van der Waals surface area (Å²) in [5, 5.41) is 14.5. The molecule has 0 spiro atoms. The van der Waals surface area contributed by atoms with Crippen LogP contribution in [0.1, 0.15) is 16.1 Å². The summed E-state index contributed by atoms with van der Waals surface area (Å²) in [6.07, 6.45) is 1.53. The summed E-state index contributed by atoms with van der Waals surface area (Å²) >= 11 is 0. The van der Waals surface area contributed by atoms with Gasteiger partial charge in [0, 0.05) is 30.3 Å². The van der Waals surface area contributed by atoms with Crippen LogP contribution in [0.3, 0.4) is 0 Å². The fourth-order valence-electron chi connectivity index (χ4n) is 2.93. The Hall–Kier alpha value is -4.27. The van der Waals surface area contributed by atoms with Gasteiger partial charge in [0.25, 0.3) is 11.6 Å². The number of ether oxygens (including phenoxy) is 1. The van der Waals surface area contributed by atoms with E-state index < -0.39 is 10.8 Å². The van der Waals surface area contributed by atoms with E-state index >= 15 is 0 Å². The maximum atomic E-state index is 13.0. The van der Waals surface area contributed by atoms with Gasteiger partial charge in [0.15, 0.2) is 0 Å². The fraction of sp³-hybridized carbons (Fsp3) is 0.0476. The standard InChI is InChI=1S/C21H15FN4O4/c22-15-4-6-16(7-5-15)30-19-10-13(8-9-23-19)12-24-21(27)17-11-14-2-1-3-18(26(28)29)20(14)25-17/h1-11,25H,12H2,(H,24,27). The Morgan fingerprint density at radius 2 is 1.97 bits per heavy atom. The molecule has 2 heterocycles. The third kappa shape index (κ3) is 4.09. The van der Waals surface area contributed by atoms with E-state index in [1.54, 1.807) is 30.3 Å². The smallest absolute Gasteiger partial charge is 0.293 e. The lowest BCUT2D eigenvalue weighted by Gasteiger charge is -2.07. The van der Waals surface area contributed by atoms with Crippen molar-refractivity contribution in [3.8, 4) is 11.6 Å². The molecule has 1 amide bonds. The molecule has 0 fully saturated rings. The molecule has 0 atom stereocenters. The van der Waals surface area contributed by atoms with Gasteiger partial charge in [-0.05, 0) is 42.0 Å². The number of aromatic nitrogens is 2. The van der Waals surface area contributed by atoms with Crippen molar-refractivity contribution in [2.45, 2.75) is 6.54 Å². The lowest BCUT2D eigenvalue weighted by atomic mass is 10.2. The van der Waals surface area contributed by atoms with Gasteiger partial charge in [0.1, 0.15) is 22.8 Å². The first-order valence-electron chi connectivity index (χ1n) is 8.92. The maximum absolute atomic E-state index is 13.0. The summed E-state index contributed by atoms with van der Waals surface area (Å²) in [4.78, 5) is 30.0. The number of H-pyrrole nitrogens is 1. The van der Waals surface area contributed by atoms with E-state index in [-0.39, 0.29) is 23.7 Å². The first kappa shape index (κ1) is 19.1. The van der Waals surface area contributed by atoms with Crippen molar-refractivity contribution in [2.24, 2.45) is 0 Å². The highest BCUT2D eigenvalue weighted by Gasteiger charge is 2.16. The van der Waals surface area contributed by atoms with E-state index in [1.165, 1.54) is 36.5 Å². The quantitative estimate of drug-likeness (QED) is 0.366. The highest BCUT2D eigenvalue weighted by atomic mass is 19.1. The van der Waals surface area contributed by atoms with E-state index in [0.29, 0.717) is 22.5 Å². The number of carbonyl (C=O) groups is 1. The number of nitro benzene ring substituents is 1. The van der Waals surface area contributed by atoms with Gasteiger partial charge in [-0.1, -0.05) is 12.1 Å². The van der Waals surface area contributed by atoms with E-state index in [0.717, 1.165) is 5.56 Å². The van der Waals surface area contributed by atoms with Gasteiger partial charge in [-0.2, -0.15) is 0 Å². The molecule has 0 saturated heterocycles. The predicted molar refractivity (Wildman–Crippen MR) is 107 cm³/mol. The topological polar surface area (TPSA) is 110 Å². The fourth-order valence-corrected chi connectivity index (χ4v) is 2.93. The average molecular weight is 406 g/mol. The summed E-state index contributed by atoms with van der Waals surface area (Å²) in [5.74, 6) is -0.0354. The van der Waals surface area contributed by atoms with Crippen LogP contribution in [0.2, 0.25) is 0 Å². The number of aromatic amines is 1. The zero-order chi connectivity index (χ0) is 21.1. The van der Waals surface area contributed by atoms with Crippen molar-refractivity contribution >= 4 is 22.5 Å². The number of para-hydroxylation sites is 1. The molecule has 9 heteroatoms. The summed E-state index contributed by atoms with van der Waals surface area (Å²) < 4.78 is 18.6. The van der Waals surface area contributed by atoms with E-state index in [2.05, 4.69) is 15.3 Å². The molecule has 0 aliphatic heterocycles. The molecule has 0 aliphatic carbocycles. The number of hydrogen-bond donors (Lipinski definition) is 2. The summed E-state index contributed by atoms with van der Waals surface area (Å²) in [7, 11) is 0. The molecule has 0 saturated carbocycles. The van der Waals surface area contributed by atoms with Gasteiger partial charge in [-0.3, -0.25) is 14.9 Å². The van der Waals surface area contributed by atoms with Crippen LogP contribution in [-0.4, -0.2) is 20.8 Å². The minimum Gasteiger partial charge on any atom is -0.439 e. The number of carbonyl (C=O) groups excluding carboxylic acids is 1. The Balaban J connectivity index is 1.45. The van der Waals surface area contributed by atoms with Gasteiger partial charge >= 0.3 is 0 Å². The van der Waals surface area contributed by atoms with Crippen LogP contribution in [-0.2, 0) is 6.54 Å². The Morgan fingerprint density at radius 1 is 1.17 bits per heavy atom. The lowest BCUT2D eigenvalue weighted by Crippen LogP contribution is -2.23. The predicted octanol–water partition coefficient (Wildman–Crippen LogP) is 4.33. The second-order valence-electron chi connectivity index (χ2n) is 6.42. The SMILES string of the molecule is O=C(NCc1ccnc(Oc2ccc(F)cc2)c1)c1cc2cccc([N+](=O)[O-])c2[nH]1. The molecule has 2 aromatic heterocycles. The monoisotopic (exact) mass is 406 g/mol. The number of benzene rings is 2. The molecular weight excluding hydrogens is 391 g/mol. The number of nitro groups is 1. The highest BCUT2D eigenvalue weighted by molar-refractivity contribution is 6.00. The molecule has 150 valence electrons. The number of hydrogen-bond acceptors (Lipinski definition) is 5. The van der Waals surface area contributed by atoms with Crippen molar-refractivity contribution in [1.82, 2.24) is 15.3 Å². The zero-order valence-electron chi connectivity index (χ0n) is 15.5. The number of amides is 1. The van der Waals surface area contributed by atoms with Gasteiger partial charge in [-0.25, -0.2) is 9.37 Å². The van der Waals surface area contributed by atoms with Crippen LogP contribution in [0.4, 0.5) is 10.1 Å². The minimum atomic E-state index is -0.500. The second kappa shape index (κ2) is 8.00. The lowest BCUT2D eigenvalue weighted by molar-refractivity contribution is -0.383. The maximum Gasteiger partial charge on any atom is 0.293 e. The van der Waals surface area contributed by atoms with E-state index in [1.807, 2.05) is 0 Å². The molecule has 2 aromatic carbocycles. The Kier molecular flexibility index (Phi) is 5.08. The average Bonchev–Trinajstić information content (AvgIpc) is 3.18. The summed E-state index contributed by atoms with van der Waals surface area (Å²) in [6, 6.07) is 15.1. The van der Waals surface area contributed by atoms with Crippen molar-refractivity contribution < 1.29 is 18.8 Å². The third-order valence-electron chi connectivity index (χ3n) is 4.36.